The van der Waals surface area contributed by atoms with E-state index in [9.17, 15) is 4.39 Å². The standard InChI is InChI=1S/C21H32ClFN4O.HI/c1-14(2)28-12-11-27-9-7-15(8-10-27)25-21(24-3)26-19-13-16(19)20-17(22)5-4-6-18(20)23;/h4-6,14-16,19H,7-13H2,1-3H3,(H2,24,25,26);1H. The van der Waals surface area contributed by atoms with E-state index in [4.69, 9.17) is 16.3 Å². The number of halogens is 3. The zero-order chi connectivity index (χ0) is 20.1. The van der Waals surface area contributed by atoms with E-state index in [1.54, 1.807) is 19.2 Å². The van der Waals surface area contributed by atoms with E-state index >= 15 is 0 Å². The highest BCUT2D eigenvalue weighted by Gasteiger charge is 2.42. The van der Waals surface area contributed by atoms with Crippen LogP contribution in [0.4, 0.5) is 4.39 Å². The number of ether oxygens (including phenoxy) is 1. The summed E-state index contributed by atoms with van der Waals surface area (Å²) in [6.45, 7) is 8.05. The maximum atomic E-state index is 14.1. The molecule has 0 aromatic heterocycles. The van der Waals surface area contributed by atoms with Crippen LogP contribution in [0.15, 0.2) is 23.2 Å². The monoisotopic (exact) mass is 538 g/mol. The van der Waals surface area contributed by atoms with Crippen LogP contribution in [0.3, 0.4) is 0 Å². The lowest BCUT2D eigenvalue weighted by atomic mass is 10.1. The van der Waals surface area contributed by atoms with Crippen molar-refractivity contribution in [3.05, 3.63) is 34.6 Å². The van der Waals surface area contributed by atoms with E-state index < -0.39 is 0 Å². The molecule has 1 aromatic carbocycles. The molecule has 3 rings (SSSR count). The summed E-state index contributed by atoms with van der Waals surface area (Å²) in [6, 6.07) is 5.46. The second kappa shape index (κ2) is 11.7. The molecule has 0 bridgehead atoms. The van der Waals surface area contributed by atoms with Crippen molar-refractivity contribution in [3.8, 4) is 0 Å². The summed E-state index contributed by atoms with van der Waals surface area (Å²) in [5.41, 5.74) is 0.619. The third-order valence-corrected chi connectivity index (χ3v) is 5.82. The predicted molar refractivity (Wildman–Crippen MR) is 128 cm³/mol. The smallest absolute Gasteiger partial charge is 0.191 e. The fourth-order valence-corrected chi connectivity index (χ4v) is 4.10. The largest absolute Gasteiger partial charge is 0.377 e. The van der Waals surface area contributed by atoms with Gasteiger partial charge in [0.2, 0.25) is 0 Å². The Morgan fingerprint density at radius 3 is 2.66 bits per heavy atom. The maximum Gasteiger partial charge on any atom is 0.191 e. The predicted octanol–water partition coefficient (Wildman–Crippen LogP) is 4.01. The molecular formula is C21H33ClFIN4O. The van der Waals surface area contributed by atoms with Crippen LogP contribution in [0, 0.1) is 5.82 Å². The first-order chi connectivity index (χ1) is 13.5. The molecule has 2 N–H and O–H groups in total. The molecule has 1 aromatic rings. The Bertz CT molecular complexity index is 662. The van der Waals surface area contributed by atoms with Gasteiger partial charge < -0.3 is 20.3 Å². The Morgan fingerprint density at radius 1 is 1.31 bits per heavy atom. The van der Waals surface area contributed by atoms with Crippen molar-refractivity contribution in [2.45, 2.75) is 57.2 Å². The minimum absolute atomic E-state index is 0. The molecule has 0 radical (unpaired) electrons. The molecule has 29 heavy (non-hydrogen) atoms. The van der Waals surface area contributed by atoms with E-state index in [0.717, 1.165) is 51.5 Å². The van der Waals surface area contributed by atoms with Crippen molar-refractivity contribution in [2.24, 2.45) is 4.99 Å². The molecule has 1 heterocycles. The van der Waals surface area contributed by atoms with Gasteiger partial charge >= 0.3 is 0 Å². The van der Waals surface area contributed by atoms with Gasteiger partial charge in [0.25, 0.3) is 0 Å². The van der Waals surface area contributed by atoms with Crippen LogP contribution in [0.25, 0.3) is 0 Å². The molecule has 8 heteroatoms. The summed E-state index contributed by atoms with van der Waals surface area (Å²) in [5.74, 6) is 0.676. The molecule has 1 saturated carbocycles. The highest BCUT2D eigenvalue weighted by molar-refractivity contribution is 14.0. The van der Waals surface area contributed by atoms with Gasteiger partial charge in [-0.15, -0.1) is 24.0 Å². The maximum absolute atomic E-state index is 14.1. The Labute approximate surface area is 195 Å². The minimum atomic E-state index is -0.224. The quantitative estimate of drug-likeness (QED) is 0.313. The van der Waals surface area contributed by atoms with Gasteiger partial charge in [-0.1, -0.05) is 17.7 Å². The molecule has 2 aliphatic rings. The van der Waals surface area contributed by atoms with E-state index in [2.05, 4.69) is 34.4 Å². The molecule has 2 unspecified atom stereocenters. The number of piperidine rings is 1. The average Bonchev–Trinajstić information content (AvgIpc) is 3.40. The zero-order valence-electron chi connectivity index (χ0n) is 17.5. The zero-order valence-corrected chi connectivity index (χ0v) is 20.5. The number of guanidine groups is 1. The van der Waals surface area contributed by atoms with Gasteiger partial charge in [-0.05, 0) is 45.2 Å². The number of nitrogens with one attached hydrogen (secondary N) is 2. The number of benzene rings is 1. The lowest BCUT2D eigenvalue weighted by Crippen LogP contribution is -2.49. The third-order valence-electron chi connectivity index (χ3n) is 5.49. The van der Waals surface area contributed by atoms with Crippen molar-refractivity contribution >= 4 is 41.5 Å². The number of hydrogen-bond acceptors (Lipinski definition) is 3. The van der Waals surface area contributed by atoms with Crippen LogP contribution >= 0.6 is 35.6 Å². The van der Waals surface area contributed by atoms with Gasteiger partial charge in [0.05, 0.1) is 12.7 Å². The Morgan fingerprint density at radius 2 is 2.03 bits per heavy atom. The second-order valence-corrected chi connectivity index (χ2v) is 8.39. The molecule has 5 nitrogen and oxygen atoms in total. The first-order valence-electron chi connectivity index (χ1n) is 10.3. The summed E-state index contributed by atoms with van der Waals surface area (Å²) in [7, 11) is 1.78. The molecule has 2 atom stereocenters. The fourth-order valence-electron chi connectivity index (χ4n) is 3.80. The van der Waals surface area contributed by atoms with Crippen molar-refractivity contribution in [3.63, 3.8) is 0 Å². The second-order valence-electron chi connectivity index (χ2n) is 7.98. The highest BCUT2D eigenvalue weighted by Crippen LogP contribution is 2.44. The normalized spacial score (nSPS) is 23.0. The third kappa shape index (κ3) is 7.22. The summed E-state index contributed by atoms with van der Waals surface area (Å²) in [5, 5.41) is 7.46. The molecule has 1 saturated heterocycles. The van der Waals surface area contributed by atoms with Crippen LogP contribution in [-0.2, 0) is 4.74 Å². The lowest BCUT2D eigenvalue weighted by Gasteiger charge is -2.33. The van der Waals surface area contributed by atoms with Gasteiger partial charge in [-0.25, -0.2) is 4.39 Å². The molecule has 2 fully saturated rings. The number of nitrogens with zero attached hydrogens (tertiary/aromatic N) is 2. The minimum Gasteiger partial charge on any atom is -0.377 e. The number of rotatable bonds is 7. The fraction of sp³-hybridized carbons (Fsp3) is 0.667. The molecular weight excluding hydrogens is 506 g/mol. The Balaban J connectivity index is 0.00000300. The van der Waals surface area contributed by atoms with Gasteiger partial charge in [0.1, 0.15) is 5.82 Å². The highest BCUT2D eigenvalue weighted by atomic mass is 127. The summed E-state index contributed by atoms with van der Waals surface area (Å²) in [6.07, 6.45) is 3.32. The molecule has 1 aliphatic heterocycles. The molecule has 0 spiro atoms. The first kappa shape index (κ1) is 24.6. The molecule has 1 aliphatic carbocycles. The van der Waals surface area contributed by atoms with Crippen LogP contribution < -0.4 is 10.6 Å². The molecule has 164 valence electrons. The Hall–Kier alpha value is -0.640. The van der Waals surface area contributed by atoms with Crippen LogP contribution in [0.1, 0.15) is 44.6 Å². The van der Waals surface area contributed by atoms with Crippen LogP contribution in [0.5, 0.6) is 0 Å². The van der Waals surface area contributed by atoms with Crippen molar-refractivity contribution in [1.29, 1.82) is 0 Å². The van der Waals surface area contributed by atoms with E-state index in [-0.39, 0.29) is 41.8 Å². The van der Waals surface area contributed by atoms with E-state index in [0.29, 0.717) is 22.7 Å². The van der Waals surface area contributed by atoms with Gasteiger partial charge in [-0.3, -0.25) is 4.99 Å². The Kier molecular flexibility index (Phi) is 9.91. The first-order valence-corrected chi connectivity index (χ1v) is 10.6. The van der Waals surface area contributed by atoms with Crippen molar-refractivity contribution in [1.82, 2.24) is 15.5 Å². The summed E-state index contributed by atoms with van der Waals surface area (Å²) in [4.78, 5) is 6.81. The SMILES string of the molecule is CN=C(NC1CCN(CCOC(C)C)CC1)NC1CC1c1c(F)cccc1Cl.I. The van der Waals surface area contributed by atoms with Crippen LogP contribution in [0.2, 0.25) is 5.02 Å². The van der Waals surface area contributed by atoms with E-state index in [1.807, 2.05) is 0 Å². The number of likely N-dealkylation sites (tertiary alicyclic amines) is 1. The van der Waals surface area contributed by atoms with Gasteiger partial charge in [0.15, 0.2) is 5.96 Å². The number of hydrogen-bond donors (Lipinski definition) is 2. The van der Waals surface area contributed by atoms with Crippen LogP contribution in [-0.4, -0.2) is 62.3 Å². The number of aliphatic imine (C=N–C) groups is 1. The summed E-state index contributed by atoms with van der Waals surface area (Å²) < 4.78 is 19.7. The lowest BCUT2D eigenvalue weighted by molar-refractivity contribution is 0.0532. The van der Waals surface area contributed by atoms with Gasteiger partial charge in [0, 0.05) is 55.3 Å². The van der Waals surface area contributed by atoms with E-state index in [1.165, 1.54) is 6.07 Å². The molecule has 0 amide bonds. The topological polar surface area (TPSA) is 48.9 Å². The van der Waals surface area contributed by atoms with Crippen molar-refractivity contribution in [2.75, 3.05) is 33.3 Å². The van der Waals surface area contributed by atoms with Gasteiger partial charge in [-0.2, -0.15) is 0 Å². The summed E-state index contributed by atoms with van der Waals surface area (Å²) >= 11 is 6.20. The van der Waals surface area contributed by atoms with Crippen molar-refractivity contribution < 1.29 is 9.13 Å². The average molecular weight is 539 g/mol.